The van der Waals surface area contributed by atoms with Gasteiger partial charge in [-0.3, -0.25) is 4.79 Å². The minimum atomic E-state index is -0.402. The molecule has 0 fully saturated rings. The van der Waals surface area contributed by atoms with Gasteiger partial charge in [-0.2, -0.15) is 0 Å². The molecule has 0 atom stereocenters. The van der Waals surface area contributed by atoms with E-state index in [0.29, 0.717) is 26.9 Å². The zero-order valence-electron chi connectivity index (χ0n) is 13.9. The number of aryl methyl sites for hydroxylation is 1. The normalized spacial score (nSPS) is 10.2. The van der Waals surface area contributed by atoms with Gasteiger partial charge in [0, 0.05) is 16.1 Å². The lowest BCUT2D eigenvalue weighted by Crippen LogP contribution is -2.20. The van der Waals surface area contributed by atoms with Crippen LogP contribution in [0.5, 0.6) is 0 Å². The Kier molecular flexibility index (Phi) is 5.69. The molecule has 0 aliphatic rings. The van der Waals surface area contributed by atoms with Crippen LogP contribution in [-0.2, 0) is 4.74 Å². The van der Waals surface area contributed by atoms with Crippen LogP contribution in [0.4, 0.5) is 10.7 Å². The van der Waals surface area contributed by atoms with E-state index in [-0.39, 0.29) is 5.78 Å². The number of ketones is 1. The number of thiophene rings is 1. The molecule has 5 nitrogen and oxygen atoms in total. The minimum Gasteiger partial charge on any atom is -0.465 e. The largest absolute Gasteiger partial charge is 0.465 e. The van der Waals surface area contributed by atoms with Gasteiger partial charge in [-0.05, 0) is 50.7 Å². The highest BCUT2D eigenvalue weighted by atomic mass is 32.1. The van der Waals surface area contributed by atoms with Gasteiger partial charge in [0.15, 0.2) is 10.9 Å². The molecule has 0 radical (unpaired) electrons. The highest BCUT2D eigenvalue weighted by Crippen LogP contribution is 2.33. The fourth-order valence-corrected chi connectivity index (χ4v) is 3.48. The Labute approximate surface area is 150 Å². The molecule has 0 saturated heterocycles. The average molecular weight is 362 g/mol. The van der Waals surface area contributed by atoms with Gasteiger partial charge in [-0.1, -0.05) is 12.1 Å². The second-order valence-electron chi connectivity index (χ2n) is 5.20. The van der Waals surface area contributed by atoms with Crippen LogP contribution in [0.15, 0.2) is 24.3 Å². The number of hydrogen-bond acceptors (Lipinski definition) is 5. The number of thiocarbonyl (C=S) groups is 1. The summed E-state index contributed by atoms with van der Waals surface area (Å²) >= 11 is 6.75. The van der Waals surface area contributed by atoms with E-state index in [4.69, 9.17) is 17.0 Å². The molecule has 1 aromatic heterocycles. The van der Waals surface area contributed by atoms with Gasteiger partial charge in [0.25, 0.3) is 0 Å². The van der Waals surface area contributed by atoms with Crippen LogP contribution in [0, 0.1) is 13.8 Å². The lowest BCUT2D eigenvalue weighted by molar-refractivity contribution is 0.0601. The standard InChI is InChI=1S/C17H18N2O3S2/c1-9-11(3)24-15(14(9)16(21)22-4)19-17(23)18-13-7-5-6-12(8-13)10(2)20/h5-8H,1-4H3,(H2,18,19,23). The molecule has 1 heterocycles. The van der Waals surface area contributed by atoms with Crippen molar-refractivity contribution in [3.8, 4) is 0 Å². The molecule has 0 saturated carbocycles. The van der Waals surface area contributed by atoms with Gasteiger partial charge in [-0.15, -0.1) is 11.3 Å². The smallest absolute Gasteiger partial charge is 0.341 e. The maximum atomic E-state index is 12.0. The summed E-state index contributed by atoms with van der Waals surface area (Å²) in [6, 6.07) is 7.06. The molecule has 2 rings (SSSR count). The monoisotopic (exact) mass is 362 g/mol. The van der Waals surface area contributed by atoms with Crippen LogP contribution in [-0.4, -0.2) is 24.0 Å². The molecule has 24 heavy (non-hydrogen) atoms. The molecule has 7 heteroatoms. The summed E-state index contributed by atoms with van der Waals surface area (Å²) in [7, 11) is 1.35. The number of Topliss-reactive ketones (excluding diaryl/α,β-unsaturated/α-hetero) is 1. The number of esters is 1. The first-order valence-electron chi connectivity index (χ1n) is 7.20. The number of hydrogen-bond donors (Lipinski definition) is 2. The first-order valence-corrected chi connectivity index (χ1v) is 8.43. The van der Waals surface area contributed by atoms with Gasteiger partial charge in [0.05, 0.1) is 12.7 Å². The highest BCUT2D eigenvalue weighted by molar-refractivity contribution is 7.80. The van der Waals surface area contributed by atoms with Crippen LogP contribution in [0.3, 0.4) is 0 Å². The Morgan fingerprint density at radius 3 is 2.54 bits per heavy atom. The number of nitrogens with one attached hydrogen (secondary N) is 2. The van der Waals surface area contributed by atoms with Crippen molar-refractivity contribution >= 4 is 51.1 Å². The Hall–Kier alpha value is -2.25. The van der Waals surface area contributed by atoms with Gasteiger partial charge in [0.2, 0.25) is 0 Å². The number of rotatable bonds is 4. The quantitative estimate of drug-likeness (QED) is 0.483. The lowest BCUT2D eigenvalue weighted by atomic mass is 10.1. The SMILES string of the molecule is COC(=O)c1c(NC(=S)Nc2cccc(C(C)=O)c2)sc(C)c1C. The Morgan fingerprint density at radius 2 is 1.92 bits per heavy atom. The number of carbonyl (C=O) groups is 2. The molecule has 0 unspecified atom stereocenters. The summed E-state index contributed by atoms with van der Waals surface area (Å²) in [5.74, 6) is -0.421. The third kappa shape index (κ3) is 3.98. The van der Waals surface area contributed by atoms with E-state index in [0.717, 1.165) is 10.4 Å². The summed E-state index contributed by atoms with van der Waals surface area (Å²) < 4.78 is 4.84. The number of benzene rings is 1. The predicted octanol–water partition coefficient (Wildman–Crippen LogP) is 4.16. The van der Waals surface area contributed by atoms with E-state index in [9.17, 15) is 9.59 Å². The van der Waals surface area contributed by atoms with Crippen molar-refractivity contribution in [1.82, 2.24) is 0 Å². The van der Waals surface area contributed by atoms with Gasteiger partial charge in [0.1, 0.15) is 5.00 Å². The fraction of sp³-hybridized carbons (Fsp3) is 0.235. The van der Waals surface area contributed by atoms with E-state index in [1.54, 1.807) is 18.2 Å². The molecular formula is C17H18N2O3S2. The third-order valence-corrected chi connectivity index (χ3v) is 4.86. The maximum Gasteiger partial charge on any atom is 0.341 e. The predicted molar refractivity (Wildman–Crippen MR) is 101 cm³/mol. The molecule has 0 aliphatic carbocycles. The Morgan fingerprint density at radius 1 is 1.21 bits per heavy atom. The first kappa shape index (κ1) is 18.1. The van der Waals surface area contributed by atoms with Crippen molar-refractivity contribution < 1.29 is 14.3 Å². The molecule has 2 N–H and O–H groups in total. The molecule has 1 aromatic carbocycles. The van der Waals surface area contributed by atoms with Crippen molar-refractivity contribution in [2.24, 2.45) is 0 Å². The second-order valence-corrected chi connectivity index (χ2v) is 6.83. The molecule has 0 spiro atoms. The van der Waals surface area contributed by atoms with Gasteiger partial charge >= 0.3 is 5.97 Å². The molecule has 2 aromatic rings. The molecule has 0 bridgehead atoms. The van der Waals surface area contributed by atoms with E-state index in [1.807, 2.05) is 19.9 Å². The van der Waals surface area contributed by atoms with Crippen LogP contribution in [0.25, 0.3) is 0 Å². The van der Waals surface area contributed by atoms with Crippen molar-refractivity contribution in [3.05, 3.63) is 45.8 Å². The van der Waals surface area contributed by atoms with E-state index < -0.39 is 5.97 Å². The van der Waals surface area contributed by atoms with Crippen LogP contribution >= 0.6 is 23.6 Å². The maximum absolute atomic E-state index is 12.0. The van der Waals surface area contributed by atoms with E-state index in [1.165, 1.54) is 25.4 Å². The molecule has 126 valence electrons. The summed E-state index contributed by atoms with van der Waals surface area (Å²) in [5.41, 5.74) is 2.66. The Balaban J connectivity index is 2.19. The molecular weight excluding hydrogens is 344 g/mol. The zero-order chi connectivity index (χ0) is 17.9. The zero-order valence-corrected chi connectivity index (χ0v) is 15.5. The summed E-state index contributed by atoms with van der Waals surface area (Å²) in [6.45, 7) is 5.32. The van der Waals surface area contributed by atoms with Gasteiger partial charge < -0.3 is 15.4 Å². The number of methoxy groups -OCH3 is 1. The topological polar surface area (TPSA) is 67.4 Å². The first-order chi connectivity index (χ1) is 11.3. The van der Waals surface area contributed by atoms with Crippen molar-refractivity contribution in [2.45, 2.75) is 20.8 Å². The third-order valence-electron chi connectivity index (χ3n) is 3.53. The minimum absolute atomic E-state index is 0.0185. The van der Waals surface area contributed by atoms with Crippen molar-refractivity contribution in [2.75, 3.05) is 17.7 Å². The summed E-state index contributed by atoms with van der Waals surface area (Å²) in [6.07, 6.45) is 0. The Bertz CT molecular complexity index is 812. The number of ether oxygens (including phenoxy) is 1. The van der Waals surface area contributed by atoms with Crippen LogP contribution in [0.2, 0.25) is 0 Å². The van der Waals surface area contributed by atoms with Crippen molar-refractivity contribution in [3.63, 3.8) is 0 Å². The number of carbonyl (C=O) groups excluding carboxylic acids is 2. The van der Waals surface area contributed by atoms with E-state index in [2.05, 4.69) is 10.6 Å². The van der Waals surface area contributed by atoms with Crippen LogP contribution in [0.1, 0.15) is 38.1 Å². The number of anilines is 2. The second kappa shape index (κ2) is 7.55. The van der Waals surface area contributed by atoms with Crippen molar-refractivity contribution in [1.29, 1.82) is 0 Å². The van der Waals surface area contributed by atoms with E-state index >= 15 is 0 Å². The van der Waals surface area contributed by atoms with Gasteiger partial charge in [-0.25, -0.2) is 4.79 Å². The highest BCUT2D eigenvalue weighted by Gasteiger charge is 2.20. The summed E-state index contributed by atoms with van der Waals surface area (Å²) in [4.78, 5) is 24.4. The molecule has 0 aliphatic heterocycles. The lowest BCUT2D eigenvalue weighted by Gasteiger charge is -2.11. The molecule has 0 amide bonds. The summed E-state index contributed by atoms with van der Waals surface area (Å²) in [5, 5.41) is 7.03. The average Bonchev–Trinajstić information content (AvgIpc) is 2.81. The van der Waals surface area contributed by atoms with Crippen LogP contribution < -0.4 is 10.6 Å². The fourth-order valence-electron chi connectivity index (χ4n) is 2.14.